The van der Waals surface area contributed by atoms with Crippen molar-refractivity contribution in [3.05, 3.63) is 18.0 Å². The third kappa shape index (κ3) is 3.73. The van der Waals surface area contributed by atoms with E-state index in [2.05, 4.69) is 29.1 Å². The zero-order valence-corrected chi connectivity index (χ0v) is 11.8. The van der Waals surface area contributed by atoms with Crippen LogP contribution in [0.2, 0.25) is 0 Å². The minimum absolute atomic E-state index is 0.145. The molecule has 0 radical (unpaired) electrons. The summed E-state index contributed by atoms with van der Waals surface area (Å²) < 4.78 is 1.80. The van der Waals surface area contributed by atoms with Gasteiger partial charge in [-0.2, -0.15) is 16.9 Å². The number of nitrogens with one attached hydrogen (secondary N) is 1. The lowest BCUT2D eigenvalue weighted by molar-refractivity contribution is 0.269. The summed E-state index contributed by atoms with van der Waals surface area (Å²) in [5.74, 6) is 1.21. The highest BCUT2D eigenvalue weighted by Gasteiger charge is 2.26. The molecule has 102 valence electrons. The summed E-state index contributed by atoms with van der Waals surface area (Å²) in [5, 5.41) is 17.5. The van der Waals surface area contributed by atoms with Crippen LogP contribution in [0.4, 0.5) is 0 Å². The van der Waals surface area contributed by atoms with Crippen molar-refractivity contribution in [3.63, 3.8) is 0 Å². The van der Waals surface area contributed by atoms with Crippen molar-refractivity contribution in [2.75, 3.05) is 12.4 Å². The first-order valence-electron chi connectivity index (χ1n) is 6.80. The predicted molar refractivity (Wildman–Crippen MR) is 75.7 cm³/mol. The molecular weight excluding hydrogens is 246 g/mol. The van der Waals surface area contributed by atoms with Gasteiger partial charge >= 0.3 is 0 Å². The van der Waals surface area contributed by atoms with Gasteiger partial charge in [-0.15, -0.1) is 0 Å². The standard InChI is InChI=1S/C13H23N3OS/c1-2-18-13-5-3-4-12(13)14-8-11-9-15-16(10-11)6-7-17/h9-10,12-14,17H,2-8H2,1H3. The fourth-order valence-electron chi connectivity index (χ4n) is 2.54. The van der Waals surface area contributed by atoms with Crippen LogP contribution in [0.5, 0.6) is 0 Å². The van der Waals surface area contributed by atoms with E-state index in [4.69, 9.17) is 5.11 Å². The summed E-state index contributed by atoms with van der Waals surface area (Å²) in [4.78, 5) is 0. The molecule has 1 aromatic heterocycles. The van der Waals surface area contributed by atoms with Gasteiger partial charge in [0, 0.05) is 29.6 Å². The first kappa shape index (κ1) is 13.9. The Bertz CT molecular complexity index is 356. The van der Waals surface area contributed by atoms with E-state index in [0.717, 1.165) is 11.8 Å². The van der Waals surface area contributed by atoms with Crippen molar-refractivity contribution in [2.45, 2.75) is 50.6 Å². The molecule has 0 aliphatic heterocycles. The Morgan fingerprint density at radius 1 is 1.56 bits per heavy atom. The van der Waals surface area contributed by atoms with E-state index >= 15 is 0 Å². The van der Waals surface area contributed by atoms with Gasteiger partial charge in [-0.3, -0.25) is 4.68 Å². The second-order valence-electron chi connectivity index (χ2n) is 4.75. The van der Waals surface area contributed by atoms with Crippen molar-refractivity contribution in [1.82, 2.24) is 15.1 Å². The molecule has 0 bridgehead atoms. The summed E-state index contributed by atoms with van der Waals surface area (Å²) in [7, 11) is 0. The Labute approximate surface area is 113 Å². The first-order chi connectivity index (χ1) is 8.83. The molecule has 2 N–H and O–H groups in total. The predicted octanol–water partition coefficient (Wildman–Crippen LogP) is 1.64. The third-order valence-electron chi connectivity index (χ3n) is 3.42. The van der Waals surface area contributed by atoms with Crippen LogP contribution < -0.4 is 5.32 Å². The molecule has 1 aliphatic carbocycles. The summed E-state index contributed by atoms with van der Waals surface area (Å²) in [6.07, 6.45) is 7.89. The number of aliphatic hydroxyl groups is 1. The second-order valence-corrected chi connectivity index (χ2v) is 6.26. The van der Waals surface area contributed by atoms with Crippen LogP contribution in [0.3, 0.4) is 0 Å². The number of aromatic nitrogens is 2. The van der Waals surface area contributed by atoms with Gasteiger partial charge in [-0.1, -0.05) is 13.3 Å². The van der Waals surface area contributed by atoms with E-state index in [1.807, 2.05) is 12.4 Å². The van der Waals surface area contributed by atoms with Gasteiger partial charge in [0.2, 0.25) is 0 Å². The minimum Gasteiger partial charge on any atom is -0.394 e. The van der Waals surface area contributed by atoms with E-state index in [1.54, 1.807) is 4.68 Å². The monoisotopic (exact) mass is 269 g/mol. The molecule has 0 saturated heterocycles. The maximum Gasteiger partial charge on any atom is 0.0640 e. The number of aliphatic hydroxyl groups excluding tert-OH is 1. The Kier molecular flexibility index (Phi) is 5.53. The smallest absolute Gasteiger partial charge is 0.0640 e. The van der Waals surface area contributed by atoms with Gasteiger partial charge < -0.3 is 10.4 Å². The molecule has 0 amide bonds. The molecule has 0 aromatic carbocycles. The molecule has 2 rings (SSSR count). The molecule has 1 saturated carbocycles. The Hall–Kier alpha value is -0.520. The van der Waals surface area contributed by atoms with Crippen molar-refractivity contribution in [3.8, 4) is 0 Å². The highest BCUT2D eigenvalue weighted by molar-refractivity contribution is 7.99. The molecular formula is C13H23N3OS. The number of hydrogen-bond donors (Lipinski definition) is 2. The van der Waals surface area contributed by atoms with Gasteiger partial charge in [0.05, 0.1) is 19.3 Å². The quantitative estimate of drug-likeness (QED) is 0.790. The van der Waals surface area contributed by atoms with Gasteiger partial charge in [0.1, 0.15) is 0 Å². The lowest BCUT2D eigenvalue weighted by Crippen LogP contribution is -2.33. The van der Waals surface area contributed by atoms with E-state index in [0.29, 0.717) is 12.6 Å². The largest absolute Gasteiger partial charge is 0.394 e. The zero-order chi connectivity index (χ0) is 12.8. The average molecular weight is 269 g/mol. The van der Waals surface area contributed by atoms with Gasteiger partial charge in [0.15, 0.2) is 0 Å². The fourth-order valence-corrected chi connectivity index (χ4v) is 3.77. The summed E-state index contributed by atoms with van der Waals surface area (Å²) in [5.41, 5.74) is 1.20. The molecule has 1 aliphatic rings. The molecule has 2 unspecified atom stereocenters. The molecule has 1 fully saturated rings. The summed E-state index contributed by atoms with van der Waals surface area (Å²) in [6.45, 7) is 3.85. The Balaban J connectivity index is 1.79. The van der Waals surface area contributed by atoms with Crippen molar-refractivity contribution < 1.29 is 5.11 Å². The summed E-state index contributed by atoms with van der Waals surface area (Å²) >= 11 is 2.08. The van der Waals surface area contributed by atoms with Crippen molar-refractivity contribution in [2.24, 2.45) is 0 Å². The summed E-state index contributed by atoms with van der Waals surface area (Å²) in [6, 6.07) is 0.649. The Morgan fingerprint density at radius 3 is 3.22 bits per heavy atom. The lowest BCUT2D eigenvalue weighted by Gasteiger charge is -2.19. The number of hydrogen-bond acceptors (Lipinski definition) is 4. The third-order valence-corrected chi connectivity index (χ3v) is 4.74. The molecule has 1 aromatic rings. The number of thioether (sulfide) groups is 1. The van der Waals surface area contributed by atoms with Crippen LogP contribution >= 0.6 is 11.8 Å². The van der Waals surface area contributed by atoms with Crippen LogP contribution in [0.1, 0.15) is 31.7 Å². The molecule has 4 nitrogen and oxygen atoms in total. The van der Waals surface area contributed by atoms with Crippen LogP contribution in [-0.4, -0.2) is 38.5 Å². The molecule has 2 atom stereocenters. The number of nitrogens with zero attached hydrogens (tertiary/aromatic N) is 2. The van der Waals surface area contributed by atoms with E-state index in [-0.39, 0.29) is 6.61 Å². The zero-order valence-electron chi connectivity index (χ0n) is 11.0. The van der Waals surface area contributed by atoms with E-state index < -0.39 is 0 Å². The molecule has 5 heteroatoms. The van der Waals surface area contributed by atoms with Crippen molar-refractivity contribution >= 4 is 11.8 Å². The maximum absolute atomic E-state index is 8.85. The second kappa shape index (κ2) is 7.16. The van der Waals surface area contributed by atoms with Crippen LogP contribution in [0.15, 0.2) is 12.4 Å². The maximum atomic E-state index is 8.85. The van der Waals surface area contributed by atoms with Crippen molar-refractivity contribution in [1.29, 1.82) is 0 Å². The highest BCUT2D eigenvalue weighted by atomic mass is 32.2. The van der Waals surface area contributed by atoms with Crippen LogP contribution in [0.25, 0.3) is 0 Å². The van der Waals surface area contributed by atoms with E-state index in [9.17, 15) is 0 Å². The molecule has 1 heterocycles. The number of rotatable bonds is 7. The highest BCUT2D eigenvalue weighted by Crippen LogP contribution is 2.29. The van der Waals surface area contributed by atoms with E-state index in [1.165, 1.54) is 30.6 Å². The topological polar surface area (TPSA) is 50.1 Å². The SMILES string of the molecule is CCSC1CCCC1NCc1cnn(CCO)c1. The normalized spacial score (nSPS) is 23.7. The van der Waals surface area contributed by atoms with Crippen LogP contribution in [-0.2, 0) is 13.1 Å². The average Bonchev–Trinajstić information content (AvgIpc) is 2.97. The van der Waals surface area contributed by atoms with Crippen LogP contribution in [0, 0.1) is 0 Å². The Morgan fingerprint density at radius 2 is 2.44 bits per heavy atom. The minimum atomic E-state index is 0.145. The van der Waals surface area contributed by atoms with Gasteiger partial charge in [-0.05, 0) is 18.6 Å². The molecule has 18 heavy (non-hydrogen) atoms. The lowest BCUT2D eigenvalue weighted by atomic mass is 10.2. The fraction of sp³-hybridized carbons (Fsp3) is 0.769. The van der Waals surface area contributed by atoms with Gasteiger partial charge in [-0.25, -0.2) is 0 Å². The first-order valence-corrected chi connectivity index (χ1v) is 7.85. The molecule has 0 spiro atoms. The van der Waals surface area contributed by atoms with Gasteiger partial charge in [0.25, 0.3) is 0 Å².